The fraction of sp³-hybridized carbons (Fsp3) is 0.357. The van der Waals surface area contributed by atoms with Crippen molar-refractivity contribution >= 4 is 38.8 Å². The number of nitro groups is 1. The van der Waals surface area contributed by atoms with E-state index in [4.69, 9.17) is 0 Å². The molecular weight excluding hydrogens is 354 g/mol. The van der Waals surface area contributed by atoms with Gasteiger partial charge in [-0.3, -0.25) is 10.1 Å². The summed E-state index contributed by atoms with van der Waals surface area (Å²) in [6.07, 6.45) is 1.30. The van der Waals surface area contributed by atoms with Gasteiger partial charge in [-0.15, -0.1) is 11.3 Å². The van der Waals surface area contributed by atoms with Gasteiger partial charge in [-0.05, 0) is 40.2 Å². The molecule has 0 saturated heterocycles. The lowest BCUT2D eigenvalue weighted by atomic mass is 10.0. The van der Waals surface area contributed by atoms with Crippen molar-refractivity contribution in [2.75, 3.05) is 5.32 Å². The van der Waals surface area contributed by atoms with Crippen LogP contribution in [0.1, 0.15) is 30.3 Å². The van der Waals surface area contributed by atoms with E-state index in [2.05, 4.69) is 46.1 Å². The van der Waals surface area contributed by atoms with Crippen molar-refractivity contribution < 1.29 is 4.92 Å². The van der Waals surface area contributed by atoms with Crippen molar-refractivity contribution in [3.05, 3.63) is 48.7 Å². The number of aromatic nitrogens is 1. The minimum atomic E-state index is -0.421. The monoisotopic (exact) mass is 369 g/mol. The summed E-state index contributed by atoms with van der Waals surface area (Å²) in [5.74, 6) is 0.998. The summed E-state index contributed by atoms with van der Waals surface area (Å²) in [5, 5.41) is 16.4. The SMILES string of the molecule is Cc1c([N+](=O)[O-])cnc(NC(c2cccs2)C(C)C)c1Br. The Kier molecular flexibility index (Phi) is 4.95. The Morgan fingerprint density at radius 2 is 2.19 bits per heavy atom. The highest BCUT2D eigenvalue weighted by atomic mass is 79.9. The molecule has 0 aliphatic rings. The van der Waals surface area contributed by atoms with E-state index in [1.807, 2.05) is 11.4 Å². The molecule has 2 aromatic heterocycles. The van der Waals surface area contributed by atoms with Gasteiger partial charge in [0.15, 0.2) is 0 Å². The van der Waals surface area contributed by atoms with Gasteiger partial charge in [-0.25, -0.2) is 4.98 Å². The number of hydrogen-bond donors (Lipinski definition) is 1. The summed E-state index contributed by atoms with van der Waals surface area (Å²) < 4.78 is 0.638. The number of rotatable bonds is 5. The van der Waals surface area contributed by atoms with E-state index < -0.39 is 4.92 Å². The smallest absolute Gasteiger partial charge is 0.291 e. The molecule has 2 heterocycles. The second-order valence-electron chi connectivity index (χ2n) is 5.07. The van der Waals surface area contributed by atoms with Crippen molar-refractivity contribution in [3.8, 4) is 0 Å². The summed E-state index contributed by atoms with van der Waals surface area (Å²) in [7, 11) is 0. The fourth-order valence-corrected chi connectivity index (χ4v) is 3.40. The molecule has 0 aliphatic heterocycles. The standard InChI is InChI=1S/C14H16BrN3O2S/c1-8(2)13(11-5-4-6-21-11)17-14-12(15)9(3)10(7-16-14)18(19)20/h4-8,13H,1-3H3,(H,16,17). The number of nitrogens with one attached hydrogen (secondary N) is 1. The molecule has 0 spiro atoms. The first-order valence-electron chi connectivity index (χ1n) is 6.51. The maximum Gasteiger partial charge on any atom is 0.291 e. The molecule has 2 aromatic rings. The molecule has 112 valence electrons. The third-order valence-electron chi connectivity index (χ3n) is 3.24. The average molecular weight is 370 g/mol. The van der Waals surface area contributed by atoms with E-state index in [9.17, 15) is 10.1 Å². The summed E-state index contributed by atoms with van der Waals surface area (Å²) in [5.41, 5.74) is 0.593. The van der Waals surface area contributed by atoms with Gasteiger partial charge in [0, 0.05) is 10.4 Å². The molecule has 0 radical (unpaired) electrons. The lowest BCUT2D eigenvalue weighted by Gasteiger charge is -2.22. The van der Waals surface area contributed by atoms with Crippen LogP contribution in [0.15, 0.2) is 28.2 Å². The van der Waals surface area contributed by atoms with Crippen LogP contribution < -0.4 is 5.32 Å². The van der Waals surface area contributed by atoms with Crippen molar-refractivity contribution in [1.82, 2.24) is 4.98 Å². The zero-order valence-electron chi connectivity index (χ0n) is 12.0. The zero-order valence-corrected chi connectivity index (χ0v) is 14.4. The highest BCUT2D eigenvalue weighted by molar-refractivity contribution is 9.10. The van der Waals surface area contributed by atoms with Crippen LogP contribution in [0.5, 0.6) is 0 Å². The Bertz CT molecular complexity index is 644. The second-order valence-corrected chi connectivity index (χ2v) is 6.84. The molecule has 7 heteroatoms. The largest absolute Gasteiger partial charge is 0.361 e. The number of hydrogen-bond acceptors (Lipinski definition) is 5. The topological polar surface area (TPSA) is 68.1 Å². The van der Waals surface area contributed by atoms with E-state index in [0.717, 1.165) is 0 Å². The number of nitrogens with zero attached hydrogens (tertiary/aromatic N) is 2. The molecule has 0 bridgehead atoms. The molecule has 2 rings (SSSR count). The van der Waals surface area contributed by atoms with Gasteiger partial charge in [0.05, 0.1) is 15.4 Å². The molecule has 1 atom stereocenters. The Balaban J connectivity index is 2.34. The van der Waals surface area contributed by atoms with Crippen LogP contribution in [0, 0.1) is 23.0 Å². The van der Waals surface area contributed by atoms with E-state index in [0.29, 0.717) is 21.8 Å². The van der Waals surface area contributed by atoms with Gasteiger partial charge in [-0.2, -0.15) is 0 Å². The lowest BCUT2D eigenvalue weighted by molar-refractivity contribution is -0.385. The number of halogens is 1. The number of anilines is 1. The van der Waals surface area contributed by atoms with Crippen molar-refractivity contribution in [2.24, 2.45) is 5.92 Å². The van der Waals surface area contributed by atoms with Crippen LogP contribution in [0.25, 0.3) is 0 Å². The Morgan fingerprint density at radius 3 is 2.71 bits per heavy atom. The molecule has 0 aromatic carbocycles. The minimum absolute atomic E-state index is 0.0182. The first-order valence-corrected chi connectivity index (χ1v) is 8.18. The summed E-state index contributed by atoms with van der Waals surface area (Å²) in [6.45, 7) is 5.97. The molecule has 1 unspecified atom stereocenters. The number of pyridine rings is 1. The Hall–Kier alpha value is -1.47. The highest BCUT2D eigenvalue weighted by Gasteiger charge is 2.22. The third-order valence-corrected chi connectivity index (χ3v) is 5.17. The molecule has 5 nitrogen and oxygen atoms in total. The van der Waals surface area contributed by atoms with Gasteiger partial charge in [0.2, 0.25) is 0 Å². The van der Waals surface area contributed by atoms with Gasteiger partial charge in [-0.1, -0.05) is 19.9 Å². The van der Waals surface area contributed by atoms with Crippen LogP contribution in [0.3, 0.4) is 0 Å². The molecule has 0 fully saturated rings. The number of thiophene rings is 1. The van der Waals surface area contributed by atoms with Crippen molar-refractivity contribution in [2.45, 2.75) is 26.8 Å². The van der Waals surface area contributed by atoms with Crippen LogP contribution in [0.4, 0.5) is 11.5 Å². The van der Waals surface area contributed by atoms with Gasteiger partial charge in [0.25, 0.3) is 5.69 Å². The van der Waals surface area contributed by atoms with Crippen molar-refractivity contribution in [3.63, 3.8) is 0 Å². The van der Waals surface area contributed by atoms with Crippen LogP contribution >= 0.6 is 27.3 Å². The zero-order chi connectivity index (χ0) is 15.6. The maximum absolute atomic E-state index is 10.9. The average Bonchev–Trinajstić information content (AvgIpc) is 2.93. The second kappa shape index (κ2) is 6.53. The summed E-state index contributed by atoms with van der Waals surface area (Å²) in [4.78, 5) is 15.9. The molecule has 21 heavy (non-hydrogen) atoms. The quantitative estimate of drug-likeness (QED) is 0.598. The minimum Gasteiger partial charge on any atom is -0.361 e. The van der Waals surface area contributed by atoms with Gasteiger partial charge >= 0.3 is 0 Å². The van der Waals surface area contributed by atoms with Gasteiger partial charge in [0.1, 0.15) is 12.0 Å². The van der Waals surface area contributed by atoms with Crippen LogP contribution in [-0.2, 0) is 0 Å². The Morgan fingerprint density at radius 1 is 1.48 bits per heavy atom. The maximum atomic E-state index is 10.9. The van der Waals surface area contributed by atoms with Gasteiger partial charge < -0.3 is 5.32 Å². The van der Waals surface area contributed by atoms with Crippen LogP contribution in [0.2, 0.25) is 0 Å². The van der Waals surface area contributed by atoms with E-state index in [-0.39, 0.29) is 11.7 Å². The first kappa shape index (κ1) is 15.9. The van der Waals surface area contributed by atoms with Crippen molar-refractivity contribution in [1.29, 1.82) is 0 Å². The van der Waals surface area contributed by atoms with E-state index in [1.54, 1.807) is 18.3 Å². The van der Waals surface area contributed by atoms with E-state index >= 15 is 0 Å². The summed E-state index contributed by atoms with van der Waals surface area (Å²) >= 11 is 5.10. The predicted molar refractivity (Wildman–Crippen MR) is 88.8 cm³/mol. The molecular formula is C14H16BrN3O2S. The third kappa shape index (κ3) is 3.41. The fourth-order valence-electron chi connectivity index (χ4n) is 2.04. The first-order chi connectivity index (χ1) is 9.91. The predicted octanol–water partition coefficient (Wildman–Crippen LogP) is 4.93. The molecule has 0 amide bonds. The summed E-state index contributed by atoms with van der Waals surface area (Å²) in [6, 6.07) is 4.21. The molecule has 0 saturated carbocycles. The molecule has 0 aliphatic carbocycles. The van der Waals surface area contributed by atoms with Crippen LogP contribution in [-0.4, -0.2) is 9.91 Å². The lowest BCUT2D eigenvalue weighted by Crippen LogP contribution is -2.17. The molecule has 1 N–H and O–H groups in total. The Labute approximate surface area is 135 Å². The highest BCUT2D eigenvalue weighted by Crippen LogP contribution is 2.35. The normalized spacial score (nSPS) is 12.4. The van der Waals surface area contributed by atoms with E-state index in [1.165, 1.54) is 11.1 Å².